The van der Waals surface area contributed by atoms with Gasteiger partial charge in [0.25, 0.3) is 0 Å². The highest BCUT2D eigenvalue weighted by Crippen LogP contribution is 2.18. The molecule has 13 nitrogen and oxygen atoms in total. The largest absolute Gasteiger partial charge is 0.370 e. The van der Waals surface area contributed by atoms with E-state index in [1.807, 2.05) is 37.3 Å². The number of para-hydroxylation sites is 1. The first-order valence-electron chi connectivity index (χ1n) is 14.1. The van der Waals surface area contributed by atoms with Crippen LogP contribution in [0, 0.1) is 13.8 Å². The highest BCUT2D eigenvalue weighted by molar-refractivity contribution is 6.41. The summed E-state index contributed by atoms with van der Waals surface area (Å²) in [5, 5.41) is 7.43. The number of carbonyl (C=O) groups is 5. The third-order valence-corrected chi connectivity index (χ3v) is 6.09. The Hall–Kier alpha value is -5.07. The molecule has 2 atom stereocenters. The summed E-state index contributed by atoms with van der Waals surface area (Å²) < 4.78 is 0. The highest BCUT2D eigenvalue weighted by atomic mass is 16.2. The maximum Gasteiger partial charge on any atom is 0.243 e. The standard InChI is InChI=1S/C24H36N8O5.C7H8/c1-14-7-4-5-8-17(14)30-15(2)22(36)18(9-6-12-28-24(26)27)32-21(35)13-29-23(37)19(31-16(3)33)10-11-20(25)34;1-7-5-3-2-4-6-7/h4-5,7-8,18-19H,6,9-13H2,1-3H3,(H2,25,34)(H,29,37)(H,31,33)(H,32,35)(H4,26,27,28);2-6H,1H3. The predicted octanol–water partition coefficient (Wildman–Crippen LogP) is 1.08. The van der Waals surface area contributed by atoms with Crippen molar-refractivity contribution < 1.29 is 24.0 Å². The van der Waals surface area contributed by atoms with Crippen molar-refractivity contribution in [3.05, 3.63) is 65.7 Å². The third kappa shape index (κ3) is 15.8. The number of nitrogens with two attached hydrogens (primary N) is 3. The second-order valence-corrected chi connectivity index (χ2v) is 10.0. The molecule has 13 heteroatoms. The van der Waals surface area contributed by atoms with Crippen molar-refractivity contribution in [2.75, 3.05) is 13.1 Å². The quantitative estimate of drug-likeness (QED) is 0.0979. The Balaban J connectivity index is 0.00000120. The first-order chi connectivity index (χ1) is 20.8. The molecule has 0 saturated heterocycles. The molecule has 9 N–H and O–H groups in total. The fraction of sp³-hybridized carbons (Fsp3) is 0.387. The van der Waals surface area contributed by atoms with Crippen LogP contribution in [0.1, 0.15) is 50.7 Å². The SMILES string of the molecule is CC(=O)NC(CCC(N)=O)C(=O)NCC(=O)NC(CCCN=C(N)N)C(=O)C(C)=Nc1ccccc1C.Cc1ccccc1. The van der Waals surface area contributed by atoms with Gasteiger partial charge in [0.15, 0.2) is 11.7 Å². The van der Waals surface area contributed by atoms with Crippen LogP contribution in [0.5, 0.6) is 0 Å². The molecule has 0 aliphatic carbocycles. The number of Topliss-reactive ketones (excluding diaryl/α,β-unsaturated/α-hetero) is 1. The second kappa shape index (κ2) is 19.9. The lowest BCUT2D eigenvalue weighted by Gasteiger charge is -2.19. The van der Waals surface area contributed by atoms with E-state index in [0.717, 1.165) is 5.56 Å². The van der Waals surface area contributed by atoms with Crippen molar-refractivity contribution in [1.29, 1.82) is 0 Å². The maximum atomic E-state index is 13.1. The Labute approximate surface area is 258 Å². The Morgan fingerprint density at radius 2 is 1.45 bits per heavy atom. The van der Waals surface area contributed by atoms with Crippen molar-refractivity contribution in [3.8, 4) is 0 Å². The van der Waals surface area contributed by atoms with Gasteiger partial charge in [0.2, 0.25) is 23.6 Å². The molecule has 2 aromatic carbocycles. The monoisotopic (exact) mass is 608 g/mol. The molecule has 0 saturated carbocycles. The van der Waals surface area contributed by atoms with E-state index < -0.39 is 48.0 Å². The lowest BCUT2D eigenvalue weighted by molar-refractivity contribution is -0.130. The number of hydrogen-bond acceptors (Lipinski definition) is 7. The van der Waals surface area contributed by atoms with E-state index in [4.69, 9.17) is 17.2 Å². The zero-order chi connectivity index (χ0) is 33.1. The fourth-order valence-corrected chi connectivity index (χ4v) is 3.82. The molecule has 0 aliphatic heterocycles. The number of aryl methyl sites for hydroxylation is 2. The van der Waals surface area contributed by atoms with Gasteiger partial charge in [0, 0.05) is 19.9 Å². The number of primary amides is 1. The minimum atomic E-state index is -1.04. The van der Waals surface area contributed by atoms with E-state index in [0.29, 0.717) is 12.1 Å². The predicted molar refractivity (Wildman–Crippen MR) is 171 cm³/mol. The van der Waals surface area contributed by atoms with Gasteiger partial charge in [-0.3, -0.25) is 29.0 Å². The number of hydrogen-bond donors (Lipinski definition) is 6. The van der Waals surface area contributed by atoms with Gasteiger partial charge in [-0.05, 0) is 51.7 Å². The second-order valence-electron chi connectivity index (χ2n) is 10.0. The fourth-order valence-electron chi connectivity index (χ4n) is 3.82. The summed E-state index contributed by atoms with van der Waals surface area (Å²) in [6.45, 7) is 6.52. The van der Waals surface area contributed by atoms with Crippen LogP contribution in [0.4, 0.5) is 5.69 Å². The van der Waals surface area contributed by atoms with Gasteiger partial charge in [-0.15, -0.1) is 0 Å². The van der Waals surface area contributed by atoms with Crippen molar-refractivity contribution in [2.24, 2.45) is 27.2 Å². The van der Waals surface area contributed by atoms with Crippen LogP contribution < -0.4 is 33.2 Å². The molecule has 44 heavy (non-hydrogen) atoms. The molecule has 0 radical (unpaired) electrons. The van der Waals surface area contributed by atoms with Crippen LogP contribution in [0.2, 0.25) is 0 Å². The minimum absolute atomic E-state index is 0.0250. The van der Waals surface area contributed by atoms with Crippen LogP contribution in [0.15, 0.2) is 64.6 Å². The number of aliphatic imine (C=N–C) groups is 2. The van der Waals surface area contributed by atoms with Crippen LogP contribution in [0.3, 0.4) is 0 Å². The highest BCUT2D eigenvalue weighted by Gasteiger charge is 2.25. The number of rotatable bonds is 15. The number of ketones is 1. The zero-order valence-corrected chi connectivity index (χ0v) is 25.8. The van der Waals surface area contributed by atoms with Crippen LogP contribution in [-0.4, -0.2) is 66.3 Å². The summed E-state index contributed by atoms with van der Waals surface area (Å²) in [6, 6.07) is 15.6. The van der Waals surface area contributed by atoms with Crippen LogP contribution in [-0.2, 0) is 24.0 Å². The molecule has 2 aromatic rings. The van der Waals surface area contributed by atoms with E-state index in [1.165, 1.54) is 12.5 Å². The molecule has 2 unspecified atom stereocenters. The van der Waals surface area contributed by atoms with E-state index in [9.17, 15) is 24.0 Å². The van der Waals surface area contributed by atoms with E-state index in [2.05, 4.69) is 45.0 Å². The summed E-state index contributed by atoms with van der Waals surface area (Å²) in [4.78, 5) is 68.9. The van der Waals surface area contributed by atoms with Gasteiger partial charge >= 0.3 is 0 Å². The average molecular weight is 609 g/mol. The van der Waals surface area contributed by atoms with Crippen molar-refractivity contribution in [3.63, 3.8) is 0 Å². The molecular weight excluding hydrogens is 564 g/mol. The Kier molecular flexibility index (Phi) is 16.8. The summed E-state index contributed by atoms with van der Waals surface area (Å²) in [7, 11) is 0. The Bertz CT molecular complexity index is 1320. The Morgan fingerprint density at radius 3 is 2.00 bits per heavy atom. The van der Waals surface area contributed by atoms with E-state index >= 15 is 0 Å². The number of amides is 4. The van der Waals surface area contributed by atoms with Crippen LogP contribution in [0.25, 0.3) is 0 Å². The van der Waals surface area contributed by atoms with Gasteiger partial charge in [0.1, 0.15) is 6.04 Å². The van der Waals surface area contributed by atoms with Crippen LogP contribution >= 0.6 is 0 Å². The first kappa shape index (κ1) is 37.0. The summed E-state index contributed by atoms with van der Waals surface area (Å²) in [5.74, 6) is -2.90. The number of nitrogens with zero attached hydrogens (tertiary/aromatic N) is 2. The van der Waals surface area contributed by atoms with Crippen molar-refractivity contribution in [2.45, 2.75) is 65.5 Å². The first-order valence-corrected chi connectivity index (χ1v) is 14.1. The van der Waals surface area contributed by atoms with E-state index in [-0.39, 0.29) is 37.5 Å². The lowest BCUT2D eigenvalue weighted by Crippen LogP contribution is -2.51. The van der Waals surface area contributed by atoms with E-state index in [1.54, 1.807) is 19.1 Å². The molecule has 0 aromatic heterocycles. The minimum Gasteiger partial charge on any atom is -0.370 e. The molecule has 0 heterocycles. The van der Waals surface area contributed by atoms with Gasteiger partial charge in [-0.25, -0.2) is 4.99 Å². The molecule has 0 spiro atoms. The molecular formula is C31H44N8O5. The summed E-state index contributed by atoms with van der Waals surface area (Å²) >= 11 is 0. The molecule has 238 valence electrons. The van der Waals surface area contributed by atoms with Gasteiger partial charge in [-0.1, -0.05) is 54.1 Å². The molecule has 2 rings (SSSR count). The topological polar surface area (TPSA) is 224 Å². The molecule has 0 fully saturated rings. The molecule has 0 bridgehead atoms. The van der Waals surface area contributed by atoms with Gasteiger partial charge < -0.3 is 33.2 Å². The maximum absolute atomic E-state index is 13.1. The average Bonchev–Trinajstić information content (AvgIpc) is 2.96. The van der Waals surface area contributed by atoms with Gasteiger partial charge in [0.05, 0.1) is 24.0 Å². The normalized spacial score (nSPS) is 12.0. The molecule has 0 aliphatic rings. The summed E-state index contributed by atoms with van der Waals surface area (Å²) in [5.41, 5.74) is 18.8. The number of nitrogens with one attached hydrogen (secondary N) is 3. The summed E-state index contributed by atoms with van der Waals surface area (Å²) in [6.07, 6.45) is 0.471. The number of guanidine groups is 1. The number of benzene rings is 2. The number of carbonyl (C=O) groups excluding carboxylic acids is 5. The van der Waals surface area contributed by atoms with Crippen molar-refractivity contribution >= 4 is 46.8 Å². The third-order valence-electron chi connectivity index (χ3n) is 6.09. The van der Waals surface area contributed by atoms with Crippen molar-refractivity contribution in [1.82, 2.24) is 16.0 Å². The molecule has 4 amide bonds. The smallest absolute Gasteiger partial charge is 0.243 e. The lowest BCUT2D eigenvalue weighted by atomic mass is 10.0. The Morgan fingerprint density at radius 1 is 0.818 bits per heavy atom. The van der Waals surface area contributed by atoms with Gasteiger partial charge in [-0.2, -0.15) is 0 Å². The zero-order valence-electron chi connectivity index (χ0n) is 25.8.